The maximum atomic E-state index is 4.82. The van der Waals surface area contributed by atoms with Gasteiger partial charge in [-0.25, -0.2) is 4.99 Å². The summed E-state index contributed by atoms with van der Waals surface area (Å²) in [4.78, 5) is 7.01. The van der Waals surface area contributed by atoms with Crippen molar-refractivity contribution in [2.45, 2.75) is 45.7 Å². The second-order valence-electron chi connectivity index (χ2n) is 6.76. The summed E-state index contributed by atoms with van der Waals surface area (Å²) in [5.74, 6) is 2.70. The van der Waals surface area contributed by atoms with Gasteiger partial charge in [0.1, 0.15) is 5.82 Å². The average Bonchev–Trinajstić information content (AvgIpc) is 3.00. The monoisotopic (exact) mass is 368 g/mol. The molecule has 1 N–H and O–H groups in total. The van der Waals surface area contributed by atoms with Crippen LogP contribution in [0.15, 0.2) is 48.0 Å². The molecule has 146 valence electrons. The van der Waals surface area contributed by atoms with E-state index in [0.717, 1.165) is 37.0 Å². The minimum atomic E-state index is 0.603. The Balaban J connectivity index is 1.98. The van der Waals surface area contributed by atoms with Gasteiger partial charge in [-0.3, -0.25) is 0 Å². The molecule has 0 saturated carbocycles. The minimum Gasteiger partial charge on any atom is -0.349 e. The highest BCUT2D eigenvalue weighted by Crippen LogP contribution is 2.05. The highest BCUT2D eigenvalue weighted by Gasteiger charge is 2.10. The molecule has 2 rings (SSSR count). The van der Waals surface area contributed by atoms with Gasteiger partial charge in [0, 0.05) is 20.6 Å². The molecule has 1 aromatic heterocycles. The summed E-state index contributed by atoms with van der Waals surface area (Å²) in [5, 5.41) is 11.8. The lowest BCUT2D eigenvalue weighted by Gasteiger charge is -2.22. The van der Waals surface area contributed by atoms with Crippen molar-refractivity contribution in [1.29, 1.82) is 0 Å². The Morgan fingerprint density at radius 2 is 2.00 bits per heavy atom. The predicted octanol–water partition coefficient (Wildman–Crippen LogP) is 3.45. The Labute approximate surface area is 163 Å². The van der Waals surface area contributed by atoms with Crippen LogP contribution in [0.4, 0.5) is 0 Å². The van der Waals surface area contributed by atoms with Gasteiger partial charge in [-0.2, -0.15) is 0 Å². The number of hydrogen-bond donors (Lipinski definition) is 1. The van der Waals surface area contributed by atoms with Crippen LogP contribution in [0.3, 0.4) is 0 Å². The van der Waals surface area contributed by atoms with Gasteiger partial charge < -0.3 is 14.8 Å². The SMILES string of the molecule is C=CCCCCCN(C)C(=NCc1ccccc1)NCc1nnc(C)n1C. The molecule has 0 atom stereocenters. The second-order valence-corrected chi connectivity index (χ2v) is 6.76. The van der Waals surface area contributed by atoms with Crippen molar-refractivity contribution in [1.82, 2.24) is 25.0 Å². The molecule has 0 amide bonds. The number of aryl methyl sites for hydroxylation is 1. The van der Waals surface area contributed by atoms with Crippen LogP contribution in [0.5, 0.6) is 0 Å². The molecule has 0 unspecified atom stereocenters. The maximum absolute atomic E-state index is 4.82. The van der Waals surface area contributed by atoms with E-state index in [4.69, 9.17) is 4.99 Å². The van der Waals surface area contributed by atoms with E-state index in [1.165, 1.54) is 18.4 Å². The number of aliphatic imine (C=N–C) groups is 1. The molecule has 6 heteroatoms. The summed E-state index contributed by atoms with van der Waals surface area (Å²) >= 11 is 0. The molecule has 1 heterocycles. The maximum Gasteiger partial charge on any atom is 0.194 e. The molecule has 0 aliphatic rings. The number of hydrogen-bond acceptors (Lipinski definition) is 3. The lowest BCUT2D eigenvalue weighted by atomic mass is 10.2. The molecule has 0 bridgehead atoms. The van der Waals surface area contributed by atoms with Crippen molar-refractivity contribution in [2.24, 2.45) is 12.0 Å². The van der Waals surface area contributed by atoms with E-state index in [0.29, 0.717) is 13.1 Å². The third-order valence-electron chi connectivity index (χ3n) is 4.60. The zero-order valence-corrected chi connectivity index (χ0v) is 16.9. The first kappa shape index (κ1) is 20.7. The van der Waals surface area contributed by atoms with Gasteiger partial charge in [-0.05, 0) is 31.7 Å². The van der Waals surface area contributed by atoms with E-state index in [1.54, 1.807) is 0 Å². The fourth-order valence-corrected chi connectivity index (χ4v) is 2.74. The molecule has 6 nitrogen and oxygen atoms in total. The molecule has 0 saturated heterocycles. The fourth-order valence-electron chi connectivity index (χ4n) is 2.74. The molecule has 0 aliphatic carbocycles. The van der Waals surface area contributed by atoms with Crippen LogP contribution in [0, 0.1) is 6.92 Å². The number of guanidine groups is 1. The van der Waals surface area contributed by atoms with E-state index < -0.39 is 0 Å². The van der Waals surface area contributed by atoms with Gasteiger partial charge in [-0.15, -0.1) is 16.8 Å². The smallest absolute Gasteiger partial charge is 0.194 e. The third-order valence-corrected chi connectivity index (χ3v) is 4.60. The van der Waals surface area contributed by atoms with Crippen molar-refractivity contribution in [3.05, 3.63) is 60.2 Å². The Kier molecular flexibility index (Phi) is 8.55. The summed E-state index contributed by atoms with van der Waals surface area (Å²) in [5.41, 5.74) is 1.20. The van der Waals surface area contributed by atoms with Crippen molar-refractivity contribution in [2.75, 3.05) is 13.6 Å². The van der Waals surface area contributed by atoms with Crippen LogP contribution >= 0.6 is 0 Å². The van der Waals surface area contributed by atoms with Crippen molar-refractivity contribution in [3.63, 3.8) is 0 Å². The Morgan fingerprint density at radius 3 is 2.67 bits per heavy atom. The van der Waals surface area contributed by atoms with E-state index >= 15 is 0 Å². The number of rotatable bonds is 10. The first-order valence-electron chi connectivity index (χ1n) is 9.61. The lowest BCUT2D eigenvalue weighted by Crippen LogP contribution is -2.39. The zero-order valence-electron chi connectivity index (χ0n) is 16.9. The van der Waals surface area contributed by atoms with Gasteiger partial charge in [-0.1, -0.05) is 42.8 Å². The number of benzene rings is 1. The van der Waals surface area contributed by atoms with Gasteiger partial charge in [0.25, 0.3) is 0 Å². The molecule has 0 aliphatic heterocycles. The van der Waals surface area contributed by atoms with Crippen LogP contribution in [0.25, 0.3) is 0 Å². The summed E-state index contributed by atoms with van der Waals surface area (Å²) in [6.45, 7) is 7.96. The number of nitrogens with one attached hydrogen (secondary N) is 1. The van der Waals surface area contributed by atoms with Crippen molar-refractivity contribution >= 4 is 5.96 Å². The van der Waals surface area contributed by atoms with Crippen LogP contribution < -0.4 is 5.32 Å². The number of nitrogens with zero attached hydrogens (tertiary/aromatic N) is 5. The van der Waals surface area contributed by atoms with Gasteiger partial charge >= 0.3 is 0 Å². The van der Waals surface area contributed by atoms with Gasteiger partial charge in [0.05, 0.1) is 13.1 Å². The summed E-state index contributed by atoms with van der Waals surface area (Å²) in [7, 11) is 4.07. The molecular weight excluding hydrogens is 336 g/mol. The van der Waals surface area contributed by atoms with Gasteiger partial charge in [0.2, 0.25) is 0 Å². The molecule has 0 spiro atoms. The van der Waals surface area contributed by atoms with E-state index in [1.807, 2.05) is 42.8 Å². The Morgan fingerprint density at radius 1 is 1.22 bits per heavy atom. The first-order valence-corrected chi connectivity index (χ1v) is 9.61. The second kappa shape index (κ2) is 11.2. The largest absolute Gasteiger partial charge is 0.349 e. The molecule has 1 aromatic carbocycles. The topological polar surface area (TPSA) is 58.3 Å². The van der Waals surface area contributed by atoms with E-state index in [2.05, 4.69) is 46.2 Å². The summed E-state index contributed by atoms with van der Waals surface area (Å²) in [6.07, 6.45) is 6.60. The quantitative estimate of drug-likeness (QED) is 0.302. The number of allylic oxidation sites excluding steroid dienone is 1. The minimum absolute atomic E-state index is 0.603. The standard InChI is InChI=1S/C21H32N6/c1-5-6-7-8-12-15-26(3)21(22-16-19-13-10-9-11-14-19)23-17-20-25-24-18(2)27(20)4/h5,9-11,13-14H,1,6-8,12,15-17H2,2-4H3,(H,22,23). The Hall–Kier alpha value is -2.63. The van der Waals surface area contributed by atoms with Crippen LogP contribution in [-0.4, -0.2) is 39.2 Å². The molecular formula is C21H32N6. The van der Waals surface area contributed by atoms with E-state index in [9.17, 15) is 0 Å². The van der Waals surface area contributed by atoms with Crippen LogP contribution in [0.2, 0.25) is 0 Å². The van der Waals surface area contributed by atoms with Crippen LogP contribution in [-0.2, 0) is 20.1 Å². The van der Waals surface area contributed by atoms with Crippen LogP contribution in [0.1, 0.15) is 42.9 Å². The van der Waals surface area contributed by atoms with Crippen molar-refractivity contribution < 1.29 is 0 Å². The van der Waals surface area contributed by atoms with Gasteiger partial charge in [0.15, 0.2) is 11.8 Å². The predicted molar refractivity (Wildman–Crippen MR) is 111 cm³/mol. The summed E-state index contributed by atoms with van der Waals surface area (Å²) in [6, 6.07) is 10.3. The average molecular weight is 369 g/mol. The molecule has 0 fully saturated rings. The summed E-state index contributed by atoms with van der Waals surface area (Å²) < 4.78 is 2.00. The highest BCUT2D eigenvalue weighted by molar-refractivity contribution is 5.79. The van der Waals surface area contributed by atoms with E-state index in [-0.39, 0.29) is 0 Å². The lowest BCUT2D eigenvalue weighted by molar-refractivity contribution is 0.452. The molecule has 0 radical (unpaired) electrons. The number of aromatic nitrogens is 3. The third kappa shape index (κ3) is 6.89. The Bertz CT molecular complexity index is 720. The highest BCUT2D eigenvalue weighted by atomic mass is 15.3. The zero-order chi connectivity index (χ0) is 19.5. The molecule has 27 heavy (non-hydrogen) atoms. The van der Waals surface area contributed by atoms with Crippen molar-refractivity contribution in [3.8, 4) is 0 Å². The number of unbranched alkanes of at least 4 members (excludes halogenated alkanes) is 3. The fraction of sp³-hybridized carbons (Fsp3) is 0.476. The first-order chi connectivity index (χ1) is 13.1. The normalized spacial score (nSPS) is 11.4. The molecule has 2 aromatic rings.